The quantitative estimate of drug-likeness (QED) is 0.689. The van der Waals surface area contributed by atoms with E-state index in [0.717, 1.165) is 6.20 Å². The summed E-state index contributed by atoms with van der Waals surface area (Å²) in [5.74, 6) is -1.77. The molecule has 0 saturated carbocycles. The number of morpholine rings is 1. The fourth-order valence-electron chi connectivity index (χ4n) is 1.87. The number of amides is 1. The smallest absolute Gasteiger partial charge is 0.274 e. The fraction of sp³-hybridized carbons (Fsp3) is 0.455. The molecule has 18 heavy (non-hydrogen) atoms. The number of pyridine rings is 1. The summed E-state index contributed by atoms with van der Waals surface area (Å²) in [6.45, 7) is 1.68. The van der Waals surface area contributed by atoms with Crippen LogP contribution in [0.3, 0.4) is 0 Å². The Bertz CT molecular complexity index is 531. The lowest BCUT2D eigenvalue weighted by Gasteiger charge is -2.27. The number of carbonyl (C=O) groups is 1. The van der Waals surface area contributed by atoms with Crippen LogP contribution in [0, 0.1) is 0 Å². The van der Waals surface area contributed by atoms with Gasteiger partial charge in [-0.25, -0.2) is 0 Å². The predicted molar refractivity (Wildman–Crippen MR) is 61.7 cm³/mol. The lowest BCUT2D eigenvalue weighted by molar-refractivity contribution is 0.0293. The highest BCUT2D eigenvalue weighted by atomic mass is 16.5. The third-order valence-corrected chi connectivity index (χ3v) is 2.84. The molecule has 1 fully saturated rings. The Morgan fingerprint density at radius 2 is 1.94 bits per heavy atom. The molecule has 7 heteroatoms. The van der Waals surface area contributed by atoms with Crippen molar-refractivity contribution >= 4 is 5.91 Å². The number of aromatic nitrogens is 1. The summed E-state index contributed by atoms with van der Waals surface area (Å²) in [4.78, 5) is 25.1. The van der Waals surface area contributed by atoms with Gasteiger partial charge in [-0.2, -0.15) is 0 Å². The van der Waals surface area contributed by atoms with Gasteiger partial charge in [0.05, 0.1) is 19.4 Å². The molecule has 0 atom stereocenters. The second kappa shape index (κ2) is 4.69. The van der Waals surface area contributed by atoms with Crippen molar-refractivity contribution in [2.75, 3.05) is 26.3 Å². The van der Waals surface area contributed by atoms with E-state index in [1.165, 1.54) is 16.5 Å². The first-order valence-electron chi connectivity index (χ1n) is 5.51. The molecule has 0 unspecified atom stereocenters. The van der Waals surface area contributed by atoms with E-state index < -0.39 is 22.8 Å². The zero-order valence-electron chi connectivity index (χ0n) is 9.92. The number of rotatable bonds is 1. The molecule has 0 aliphatic carbocycles. The lowest BCUT2D eigenvalue weighted by atomic mass is 10.2. The highest BCUT2D eigenvalue weighted by molar-refractivity contribution is 5.95. The first kappa shape index (κ1) is 12.4. The molecule has 1 aromatic heterocycles. The number of hydrogen-bond acceptors (Lipinski definition) is 5. The Morgan fingerprint density at radius 1 is 1.33 bits per heavy atom. The molecule has 1 amide bonds. The van der Waals surface area contributed by atoms with Crippen LogP contribution in [0.4, 0.5) is 0 Å². The van der Waals surface area contributed by atoms with Gasteiger partial charge in [0.15, 0.2) is 17.2 Å². The monoisotopic (exact) mass is 254 g/mol. The summed E-state index contributed by atoms with van der Waals surface area (Å²) >= 11 is 0. The molecular formula is C11H14N2O5. The Labute approximate surface area is 103 Å². The summed E-state index contributed by atoms with van der Waals surface area (Å²) in [7, 11) is 1.48. The average Bonchev–Trinajstić information content (AvgIpc) is 2.37. The molecule has 1 aromatic rings. The van der Waals surface area contributed by atoms with Crippen molar-refractivity contribution in [3.63, 3.8) is 0 Å². The van der Waals surface area contributed by atoms with E-state index in [2.05, 4.69) is 0 Å². The van der Waals surface area contributed by atoms with Crippen LogP contribution in [0.1, 0.15) is 10.5 Å². The first-order chi connectivity index (χ1) is 8.52. The van der Waals surface area contributed by atoms with E-state index in [1.807, 2.05) is 0 Å². The zero-order chi connectivity index (χ0) is 13.3. The maximum atomic E-state index is 12.2. The van der Waals surface area contributed by atoms with Crippen molar-refractivity contribution in [1.82, 2.24) is 9.47 Å². The fourth-order valence-corrected chi connectivity index (χ4v) is 1.87. The summed E-state index contributed by atoms with van der Waals surface area (Å²) < 4.78 is 6.36. The van der Waals surface area contributed by atoms with Crippen LogP contribution in [0.2, 0.25) is 0 Å². The van der Waals surface area contributed by atoms with Gasteiger partial charge in [-0.1, -0.05) is 0 Å². The molecule has 7 nitrogen and oxygen atoms in total. The Kier molecular flexibility index (Phi) is 3.24. The van der Waals surface area contributed by atoms with Gasteiger partial charge >= 0.3 is 0 Å². The van der Waals surface area contributed by atoms with E-state index >= 15 is 0 Å². The molecule has 0 bridgehead atoms. The van der Waals surface area contributed by atoms with E-state index in [1.54, 1.807) is 0 Å². The maximum absolute atomic E-state index is 12.2. The SMILES string of the molecule is Cn1cc(O)c(=O)c(O)c1C(=O)N1CCOCC1. The van der Waals surface area contributed by atoms with Crippen LogP contribution < -0.4 is 5.43 Å². The molecule has 1 aliphatic heterocycles. The largest absolute Gasteiger partial charge is 0.503 e. The number of nitrogens with zero attached hydrogens (tertiary/aromatic N) is 2. The van der Waals surface area contributed by atoms with E-state index in [0.29, 0.717) is 26.3 Å². The number of aryl methyl sites for hydroxylation is 1. The molecular weight excluding hydrogens is 240 g/mol. The number of carbonyl (C=O) groups excluding carboxylic acids is 1. The number of aromatic hydroxyl groups is 2. The molecule has 0 radical (unpaired) electrons. The van der Waals surface area contributed by atoms with Crippen molar-refractivity contribution < 1.29 is 19.7 Å². The normalized spacial score (nSPS) is 15.7. The lowest BCUT2D eigenvalue weighted by Crippen LogP contribution is -2.42. The van der Waals surface area contributed by atoms with Gasteiger partial charge < -0.3 is 24.4 Å². The van der Waals surface area contributed by atoms with Gasteiger partial charge in [0.25, 0.3) is 11.3 Å². The van der Waals surface area contributed by atoms with Gasteiger partial charge in [0.2, 0.25) is 0 Å². The summed E-state index contributed by atoms with van der Waals surface area (Å²) in [6.07, 6.45) is 1.11. The minimum atomic E-state index is -0.940. The van der Waals surface area contributed by atoms with Crippen LogP contribution in [-0.2, 0) is 11.8 Å². The van der Waals surface area contributed by atoms with Gasteiger partial charge in [0, 0.05) is 20.1 Å². The van der Waals surface area contributed by atoms with Gasteiger partial charge in [-0.3, -0.25) is 9.59 Å². The van der Waals surface area contributed by atoms with E-state index in [-0.39, 0.29) is 5.69 Å². The summed E-state index contributed by atoms with van der Waals surface area (Å²) in [5.41, 5.74) is -1.07. The zero-order valence-corrected chi connectivity index (χ0v) is 9.92. The molecule has 98 valence electrons. The Balaban J connectivity index is 2.41. The van der Waals surface area contributed by atoms with Crippen molar-refractivity contribution in [2.45, 2.75) is 0 Å². The van der Waals surface area contributed by atoms with Crippen LogP contribution in [0.25, 0.3) is 0 Å². The third-order valence-electron chi connectivity index (χ3n) is 2.84. The van der Waals surface area contributed by atoms with Crippen molar-refractivity contribution in [3.05, 3.63) is 22.1 Å². The summed E-state index contributed by atoms with van der Waals surface area (Å²) in [5, 5.41) is 18.9. The standard InChI is InChI=1S/C11H14N2O5/c1-12-6-7(14)9(15)10(16)8(12)11(17)13-2-4-18-5-3-13/h6,14,16H,2-5H2,1H3. The molecule has 1 saturated heterocycles. The molecule has 0 spiro atoms. The van der Waals surface area contributed by atoms with Gasteiger partial charge in [-0.05, 0) is 0 Å². The number of hydrogen-bond donors (Lipinski definition) is 2. The highest BCUT2D eigenvalue weighted by Crippen LogP contribution is 2.18. The summed E-state index contributed by atoms with van der Waals surface area (Å²) in [6, 6.07) is 0. The van der Waals surface area contributed by atoms with Crippen molar-refractivity contribution in [3.8, 4) is 11.5 Å². The van der Waals surface area contributed by atoms with Crippen LogP contribution in [0.15, 0.2) is 11.0 Å². The van der Waals surface area contributed by atoms with Crippen LogP contribution >= 0.6 is 0 Å². The minimum absolute atomic E-state index is 0.125. The van der Waals surface area contributed by atoms with E-state index in [9.17, 15) is 19.8 Å². The van der Waals surface area contributed by atoms with E-state index in [4.69, 9.17) is 4.74 Å². The van der Waals surface area contributed by atoms with Crippen molar-refractivity contribution in [2.24, 2.45) is 7.05 Å². The third kappa shape index (κ3) is 2.04. The first-order valence-corrected chi connectivity index (χ1v) is 5.51. The van der Waals surface area contributed by atoms with Crippen LogP contribution in [-0.4, -0.2) is 51.9 Å². The topological polar surface area (TPSA) is 92.0 Å². The van der Waals surface area contributed by atoms with Crippen molar-refractivity contribution in [1.29, 1.82) is 0 Å². The maximum Gasteiger partial charge on any atom is 0.274 e. The molecule has 2 rings (SSSR count). The molecule has 2 N–H and O–H groups in total. The predicted octanol–water partition coefficient (Wildman–Crippen LogP) is -0.731. The van der Waals surface area contributed by atoms with Gasteiger partial charge in [0.1, 0.15) is 0 Å². The Morgan fingerprint density at radius 3 is 2.56 bits per heavy atom. The second-order valence-corrected chi connectivity index (χ2v) is 4.06. The highest BCUT2D eigenvalue weighted by Gasteiger charge is 2.25. The Hall–Kier alpha value is -2.02. The molecule has 0 aromatic carbocycles. The molecule has 2 heterocycles. The van der Waals surface area contributed by atoms with Gasteiger partial charge in [-0.15, -0.1) is 0 Å². The second-order valence-electron chi connectivity index (χ2n) is 4.06. The van der Waals surface area contributed by atoms with Crippen LogP contribution in [0.5, 0.6) is 11.5 Å². The average molecular weight is 254 g/mol. The minimum Gasteiger partial charge on any atom is -0.503 e. The molecule has 1 aliphatic rings. The number of ether oxygens (including phenoxy) is 1.